The fourth-order valence-corrected chi connectivity index (χ4v) is 3.35. The minimum atomic E-state index is 0.541. The number of ether oxygens (including phenoxy) is 6. The molecule has 0 saturated carbocycles. The van der Waals surface area contributed by atoms with Crippen LogP contribution in [0.25, 0.3) is 0 Å². The first-order valence-corrected chi connectivity index (χ1v) is 12.3. The molecule has 0 aliphatic rings. The molecule has 0 fully saturated rings. The van der Waals surface area contributed by atoms with E-state index in [1.807, 2.05) is 0 Å². The fourth-order valence-electron chi connectivity index (χ4n) is 1.89. The van der Waals surface area contributed by atoms with Crippen LogP contribution in [0, 0.1) is 0 Å². The summed E-state index contributed by atoms with van der Waals surface area (Å²) in [5.41, 5.74) is 2.12. The molecule has 0 amide bonds. The molecule has 0 N–H and O–H groups in total. The Labute approximate surface area is 191 Å². The monoisotopic (exact) mass is 462 g/mol. The van der Waals surface area contributed by atoms with Gasteiger partial charge in [-0.15, -0.1) is 0 Å². The molecular formula is C22H38O6S2. The van der Waals surface area contributed by atoms with Crippen molar-refractivity contribution in [1.29, 1.82) is 0 Å². The summed E-state index contributed by atoms with van der Waals surface area (Å²) in [4.78, 5) is 0. The van der Waals surface area contributed by atoms with Crippen LogP contribution < -0.4 is 0 Å². The van der Waals surface area contributed by atoms with Gasteiger partial charge in [0.1, 0.15) is 0 Å². The minimum Gasteiger partial charge on any atom is -0.501 e. The van der Waals surface area contributed by atoms with Crippen molar-refractivity contribution in [3.63, 3.8) is 0 Å². The van der Waals surface area contributed by atoms with Gasteiger partial charge in [0.25, 0.3) is 0 Å². The Morgan fingerprint density at radius 3 is 1.30 bits per heavy atom. The van der Waals surface area contributed by atoms with Gasteiger partial charge >= 0.3 is 0 Å². The topological polar surface area (TPSA) is 55.4 Å². The SMILES string of the molecule is C=COCCSCC(=C)COCCOCCOCCOCC(=C)CSCCOC=C. The van der Waals surface area contributed by atoms with Gasteiger partial charge in [0.05, 0.1) is 78.6 Å². The third-order valence-electron chi connectivity index (χ3n) is 3.27. The summed E-state index contributed by atoms with van der Waals surface area (Å²) in [5, 5.41) is 0. The van der Waals surface area contributed by atoms with Gasteiger partial charge in [-0.05, 0) is 11.1 Å². The van der Waals surface area contributed by atoms with Crippen LogP contribution in [0.4, 0.5) is 0 Å². The van der Waals surface area contributed by atoms with E-state index in [0.29, 0.717) is 66.1 Å². The van der Waals surface area contributed by atoms with E-state index in [2.05, 4.69) is 26.3 Å². The molecule has 30 heavy (non-hydrogen) atoms. The Bertz CT molecular complexity index is 405. The summed E-state index contributed by atoms with van der Waals surface area (Å²) < 4.78 is 32.1. The molecule has 0 unspecified atom stereocenters. The van der Waals surface area contributed by atoms with Crippen LogP contribution in [-0.4, -0.2) is 89.1 Å². The second-order valence-corrected chi connectivity index (χ2v) is 8.22. The molecule has 0 atom stereocenters. The molecule has 0 bridgehead atoms. The van der Waals surface area contributed by atoms with Crippen molar-refractivity contribution >= 4 is 23.5 Å². The Morgan fingerprint density at radius 1 is 0.567 bits per heavy atom. The molecule has 0 radical (unpaired) electrons. The molecule has 0 aliphatic carbocycles. The molecule has 8 heteroatoms. The molecule has 174 valence electrons. The average Bonchev–Trinajstić information content (AvgIpc) is 2.74. The Balaban J connectivity index is 3.22. The largest absolute Gasteiger partial charge is 0.501 e. The maximum absolute atomic E-state index is 5.54. The first-order chi connectivity index (χ1) is 14.7. The van der Waals surface area contributed by atoms with Crippen molar-refractivity contribution in [2.45, 2.75) is 0 Å². The van der Waals surface area contributed by atoms with Crippen molar-refractivity contribution in [3.8, 4) is 0 Å². The highest BCUT2D eigenvalue weighted by Gasteiger charge is 1.98. The fraction of sp³-hybridized carbons (Fsp3) is 0.636. The molecule has 0 aromatic rings. The van der Waals surface area contributed by atoms with Crippen molar-refractivity contribution < 1.29 is 28.4 Å². The van der Waals surface area contributed by atoms with E-state index in [9.17, 15) is 0 Å². The smallest absolute Gasteiger partial charge is 0.0963 e. The summed E-state index contributed by atoms with van der Waals surface area (Å²) >= 11 is 3.54. The van der Waals surface area contributed by atoms with E-state index in [-0.39, 0.29) is 0 Å². The van der Waals surface area contributed by atoms with Crippen molar-refractivity contribution in [2.75, 3.05) is 89.1 Å². The van der Waals surface area contributed by atoms with E-state index in [1.165, 1.54) is 12.5 Å². The Hall–Kier alpha value is -0.900. The van der Waals surface area contributed by atoms with Crippen LogP contribution in [0.15, 0.2) is 50.0 Å². The lowest BCUT2D eigenvalue weighted by atomic mass is 10.4. The number of rotatable bonds is 25. The van der Waals surface area contributed by atoms with E-state index in [1.54, 1.807) is 23.5 Å². The zero-order valence-electron chi connectivity index (χ0n) is 18.1. The van der Waals surface area contributed by atoms with Crippen LogP contribution in [-0.2, 0) is 28.4 Å². The van der Waals surface area contributed by atoms with Crippen molar-refractivity contribution in [3.05, 3.63) is 50.0 Å². The van der Waals surface area contributed by atoms with Crippen LogP contribution in [0.3, 0.4) is 0 Å². The highest BCUT2D eigenvalue weighted by atomic mass is 32.2. The lowest BCUT2D eigenvalue weighted by molar-refractivity contribution is 0.00290. The molecule has 0 spiro atoms. The van der Waals surface area contributed by atoms with Gasteiger partial charge in [-0.1, -0.05) is 26.3 Å². The Kier molecular flexibility index (Phi) is 23.6. The van der Waals surface area contributed by atoms with Gasteiger partial charge in [-0.25, -0.2) is 0 Å². The lowest BCUT2D eigenvalue weighted by Crippen LogP contribution is -2.13. The van der Waals surface area contributed by atoms with Gasteiger partial charge in [0.15, 0.2) is 0 Å². The summed E-state index contributed by atoms with van der Waals surface area (Å²) in [6.45, 7) is 20.7. The molecule has 0 heterocycles. The molecule has 6 nitrogen and oxygen atoms in total. The molecule has 0 aromatic heterocycles. The highest BCUT2D eigenvalue weighted by Crippen LogP contribution is 2.07. The molecule has 0 saturated heterocycles. The van der Waals surface area contributed by atoms with Gasteiger partial charge in [-0.2, -0.15) is 23.5 Å². The average molecular weight is 463 g/mol. The zero-order chi connectivity index (χ0) is 22.1. The quantitative estimate of drug-likeness (QED) is 0.115. The first kappa shape index (κ1) is 29.1. The predicted octanol–water partition coefficient (Wildman–Crippen LogP) is 3.95. The number of hydrogen-bond acceptors (Lipinski definition) is 8. The first-order valence-electron chi connectivity index (χ1n) is 9.95. The van der Waals surface area contributed by atoms with Crippen molar-refractivity contribution in [1.82, 2.24) is 0 Å². The van der Waals surface area contributed by atoms with E-state index >= 15 is 0 Å². The second kappa shape index (κ2) is 24.4. The summed E-state index contributed by atoms with van der Waals surface area (Å²) in [5.74, 6) is 3.57. The van der Waals surface area contributed by atoms with Crippen LogP contribution in [0.5, 0.6) is 0 Å². The van der Waals surface area contributed by atoms with Gasteiger partial charge in [0.2, 0.25) is 0 Å². The molecule has 0 aliphatic heterocycles. The van der Waals surface area contributed by atoms with Gasteiger partial charge in [-0.3, -0.25) is 0 Å². The molecule has 0 rings (SSSR count). The molecular weight excluding hydrogens is 424 g/mol. The normalized spacial score (nSPS) is 10.5. The molecule has 0 aromatic carbocycles. The Morgan fingerprint density at radius 2 is 0.933 bits per heavy atom. The predicted molar refractivity (Wildman–Crippen MR) is 129 cm³/mol. The zero-order valence-corrected chi connectivity index (χ0v) is 19.8. The summed E-state index contributed by atoms with van der Waals surface area (Å²) in [7, 11) is 0. The van der Waals surface area contributed by atoms with Crippen molar-refractivity contribution in [2.24, 2.45) is 0 Å². The highest BCUT2D eigenvalue weighted by molar-refractivity contribution is 7.99. The number of hydrogen-bond donors (Lipinski definition) is 0. The van der Waals surface area contributed by atoms with E-state index in [4.69, 9.17) is 28.4 Å². The minimum absolute atomic E-state index is 0.541. The van der Waals surface area contributed by atoms with Gasteiger partial charge in [0, 0.05) is 23.0 Å². The lowest BCUT2D eigenvalue weighted by Gasteiger charge is -2.09. The maximum atomic E-state index is 5.54. The maximum Gasteiger partial charge on any atom is 0.0963 e. The van der Waals surface area contributed by atoms with Gasteiger partial charge < -0.3 is 28.4 Å². The summed E-state index contributed by atoms with van der Waals surface area (Å²) in [6, 6.07) is 0. The summed E-state index contributed by atoms with van der Waals surface area (Å²) in [6.07, 6.45) is 2.92. The van der Waals surface area contributed by atoms with E-state index in [0.717, 1.165) is 34.2 Å². The van der Waals surface area contributed by atoms with E-state index < -0.39 is 0 Å². The number of thioether (sulfide) groups is 2. The van der Waals surface area contributed by atoms with Crippen LogP contribution >= 0.6 is 23.5 Å². The van der Waals surface area contributed by atoms with Crippen LogP contribution in [0.1, 0.15) is 0 Å². The van der Waals surface area contributed by atoms with Crippen LogP contribution in [0.2, 0.25) is 0 Å². The third-order valence-corrected chi connectivity index (χ3v) is 5.40. The third kappa shape index (κ3) is 23.4. The second-order valence-electron chi connectivity index (χ2n) is 6.01. The standard InChI is InChI=1S/C22H38O6S2/c1-5-23-13-15-29-19-21(3)17-27-11-9-25-7-8-26-10-12-28-18-22(4)20-30-16-14-24-6-2/h5-6H,1-4,7-20H2.